The normalized spacial score (nSPS) is 19.6. The molecule has 1 aliphatic heterocycles. The average molecular weight is 282 g/mol. The molecule has 7 heteroatoms. The van der Waals surface area contributed by atoms with E-state index < -0.39 is 10.4 Å². The fourth-order valence-electron chi connectivity index (χ4n) is 2.01. The molecule has 110 valence electrons. The maximum atomic E-state index is 8.74. The van der Waals surface area contributed by atoms with Gasteiger partial charge in [0.25, 0.3) is 0 Å². The van der Waals surface area contributed by atoms with Crippen LogP contribution >= 0.6 is 0 Å². The molecule has 1 heterocycles. The quantitative estimate of drug-likeness (QED) is 0.660. The zero-order valence-corrected chi connectivity index (χ0v) is 13.0. The predicted molar refractivity (Wildman–Crippen MR) is 71.7 cm³/mol. The first-order valence-corrected chi connectivity index (χ1v) is 7.38. The average Bonchev–Trinajstić information content (AvgIpc) is 2.43. The Morgan fingerprint density at radius 1 is 0.833 bits per heavy atom. The van der Waals surface area contributed by atoms with Crippen molar-refractivity contribution in [2.75, 3.05) is 13.1 Å². The Hall–Kier alpha value is -0.210. The van der Waals surface area contributed by atoms with Crippen molar-refractivity contribution in [1.29, 1.82) is 0 Å². The van der Waals surface area contributed by atoms with Gasteiger partial charge in [-0.05, 0) is 48.0 Å². The summed E-state index contributed by atoms with van der Waals surface area (Å²) >= 11 is 0. The van der Waals surface area contributed by atoms with Gasteiger partial charge in [0.2, 0.25) is 0 Å². The van der Waals surface area contributed by atoms with Gasteiger partial charge in [0, 0.05) is 24.2 Å². The summed E-state index contributed by atoms with van der Waals surface area (Å²) in [6, 6.07) is 0. The Bertz CT molecular complexity index is 326. The van der Waals surface area contributed by atoms with Crippen LogP contribution in [-0.2, 0) is 10.4 Å². The van der Waals surface area contributed by atoms with Gasteiger partial charge in [0.1, 0.15) is 0 Å². The highest BCUT2D eigenvalue weighted by atomic mass is 32.3. The van der Waals surface area contributed by atoms with Gasteiger partial charge in [0.05, 0.1) is 0 Å². The Balaban J connectivity index is 0.000000494. The van der Waals surface area contributed by atoms with Crippen LogP contribution in [0.15, 0.2) is 0 Å². The lowest BCUT2D eigenvalue weighted by Gasteiger charge is -2.45. The molecule has 1 saturated heterocycles. The lowest BCUT2D eigenvalue weighted by atomic mass is 10.1. The molecule has 0 aliphatic carbocycles. The van der Waals surface area contributed by atoms with Crippen molar-refractivity contribution in [2.24, 2.45) is 0 Å². The van der Waals surface area contributed by atoms with Crippen molar-refractivity contribution in [1.82, 2.24) is 10.0 Å². The van der Waals surface area contributed by atoms with Crippen LogP contribution < -0.4 is 0 Å². The fourth-order valence-corrected chi connectivity index (χ4v) is 2.01. The van der Waals surface area contributed by atoms with Gasteiger partial charge >= 0.3 is 10.4 Å². The highest BCUT2D eigenvalue weighted by Gasteiger charge is 2.36. The van der Waals surface area contributed by atoms with Crippen LogP contribution in [0, 0.1) is 0 Å². The summed E-state index contributed by atoms with van der Waals surface area (Å²) in [4.78, 5) is 0. The molecule has 2 N–H and O–H groups in total. The third kappa shape index (κ3) is 7.27. The van der Waals surface area contributed by atoms with Crippen LogP contribution in [-0.4, -0.2) is 51.7 Å². The molecule has 0 spiro atoms. The maximum Gasteiger partial charge on any atom is 0.394 e. The molecule has 0 bridgehead atoms. The molecular weight excluding hydrogens is 256 g/mol. The molecule has 0 atom stereocenters. The Morgan fingerprint density at radius 2 is 1.06 bits per heavy atom. The molecule has 0 aromatic carbocycles. The van der Waals surface area contributed by atoms with E-state index in [4.69, 9.17) is 17.5 Å². The first-order valence-electron chi connectivity index (χ1n) is 5.98. The SMILES string of the molecule is CC(C)(C)N1CCCN1C(C)(C)C.O=S(=O)(O)O. The minimum Gasteiger partial charge on any atom is -0.264 e. The zero-order chi connectivity index (χ0) is 14.8. The fraction of sp³-hybridized carbons (Fsp3) is 1.00. The van der Waals surface area contributed by atoms with Crippen molar-refractivity contribution in [3.8, 4) is 0 Å². The van der Waals surface area contributed by atoms with Crippen LogP contribution in [0.1, 0.15) is 48.0 Å². The second-order valence-electron chi connectivity index (χ2n) is 6.39. The Kier molecular flexibility index (Phi) is 5.76. The summed E-state index contributed by atoms with van der Waals surface area (Å²) in [7, 11) is -4.67. The first kappa shape index (κ1) is 17.8. The van der Waals surface area contributed by atoms with Gasteiger partial charge in [-0.3, -0.25) is 9.11 Å². The molecule has 1 rings (SSSR count). The Morgan fingerprint density at radius 3 is 1.22 bits per heavy atom. The molecule has 0 saturated carbocycles. The van der Waals surface area contributed by atoms with Gasteiger partial charge in [-0.15, -0.1) is 0 Å². The standard InChI is InChI=1S/C11H24N2.H2O4S/c1-10(2,3)12-8-7-9-13(12)11(4,5)6;1-5(2,3)4/h7-9H2,1-6H3;(H2,1,2,3,4). The monoisotopic (exact) mass is 282 g/mol. The van der Waals surface area contributed by atoms with Crippen molar-refractivity contribution in [3.63, 3.8) is 0 Å². The third-order valence-corrected chi connectivity index (χ3v) is 2.58. The number of hydrazine groups is 1. The summed E-state index contributed by atoms with van der Waals surface area (Å²) in [5.41, 5.74) is 0.535. The summed E-state index contributed by atoms with van der Waals surface area (Å²) in [6.45, 7) is 16.2. The molecule has 0 radical (unpaired) electrons. The van der Waals surface area contributed by atoms with Gasteiger partial charge in [-0.2, -0.15) is 8.42 Å². The summed E-state index contributed by atoms with van der Waals surface area (Å²) in [5.74, 6) is 0. The van der Waals surface area contributed by atoms with Crippen molar-refractivity contribution < 1.29 is 17.5 Å². The second-order valence-corrected chi connectivity index (χ2v) is 7.28. The smallest absolute Gasteiger partial charge is 0.264 e. The second kappa shape index (κ2) is 5.83. The summed E-state index contributed by atoms with van der Waals surface area (Å²) in [5, 5.41) is 5.01. The molecule has 1 aliphatic rings. The Labute approximate surface area is 111 Å². The number of nitrogens with zero attached hydrogens (tertiary/aromatic N) is 2. The van der Waals surface area contributed by atoms with Crippen LogP contribution in [0.2, 0.25) is 0 Å². The van der Waals surface area contributed by atoms with E-state index in [0.717, 1.165) is 0 Å². The van der Waals surface area contributed by atoms with E-state index in [1.807, 2.05) is 0 Å². The molecule has 0 aromatic heterocycles. The van der Waals surface area contributed by atoms with Crippen molar-refractivity contribution in [3.05, 3.63) is 0 Å². The van der Waals surface area contributed by atoms with E-state index in [2.05, 4.69) is 51.6 Å². The van der Waals surface area contributed by atoms with Crippen molar-refractivity contribution in [2.45, 2.75) is 59.0 Å². The van der Waals surface area contributed by atoms with Gasteiger partial charge < -0.3 is 0 Å². The van der Waals surface area contributed by atoms with Crippen molar-refractivity contribution >= 4 is 10.4 Å². The van der Waals surface area contributed by atoms with E-state index in [-0.39, 0.29) is 11.1 Å². The van der Waals surface area contributed by atoms with E-state index >= 15 is 0 Å². The molecule has 0 amide bonds. The third-order valence-electron chi connectivity index (χ3n) is 2.58. The molecule has 0 unspecified atom stereocenters. The first-order chi connectivity index (χ1) is 7.73. The number of rotatable bonds is 0. The minimum absolute atomic E-state index is 0.268. The molecule has 18 heavy (non-hydrogen) atoms. The highest BCUT2D eigenvalue weighted by Crippen LogP contribution is 2.28. The summed E-state index contributed by atoms with van der Waals surface area (Å²) < 4.78 is 31.6. The number of hydrogen-bond acceptors (Lipinski definition) is 4. The molecule has 0 aromatic rings. The highest BCUT2D eigenvalue weighted by molar-refractivity contribution is 7.79. The van der Waals surface area contributed by atoms with Crippen LogP contribution in [0.5, 0.6) is 0 Å². The van der Waals surface area contributed by atoms with Gasteiger partial charge in [-0.1, -0.05) is 0 Å². The maximum absolute atomic E-state index is 8.74. The number of hydrogen-bond donors (Lipinski definition) is 2. The van der Waals surface area contributed by atoms with Gasteiger partial charge in [0.15, 0.2) is 0 Å². The molecular formula is C11H26N2O4S. The molecule has 6 nitrogen and oxygen atoms in total. The summed E-state index contributed by atoms with van der Waals surface area (Å²) in [6.07, 6.45) is 1.30. The van der Waals surface area contributed by atoms with Gasteiger partial charge in [-0.25, -0.2) is 10.0 Å². The van der Waals surface area contributed by atoms with E-state index in [9.17, 15) is 0 Å². The topological polar surface area (TPSA) is 81.1 Å². The lowest BCUT2D eigenvalue weighted by Crippen LogP contribution is -2.55. The minimum atomic E-state index is -4.67. The van der Waals surface area contributed by atoms with Crippen LogP contribution in [0.3, 0.4) is 0 Å². The van der Waals surface area contributed by atoms with E-state index in [1.54, 1.807) is 0 Å². The van der Waals surface area contributed by atoms with E-state index in [1.165, 1.54) is 19.5 Å². The predicted octanol–water partition coefficient (Wildman–Crippen LogP) is 1.85. The van der Waals surface area contributed by atoms with Crippen LogP contribution in [0.4, 0.5) is 0 Å². The molecule has 1 fully saturated rings. The lowest BCUT2D eigenvalue weighted by molar-refractivity contribution is -0.103. The zero-order valence-electron chi connectivity index (χ0n) is 12.1. The van der Waals surface area contributed by atoms with Crippen LogP contribution in [0.25, 0.3) is 0 Å². The largest absolute Gasteiger partial charge is 0.394 e. The van der Waals surface area contributed by atoms with E-state index in [0.29, 0.717) is 0 Å².